The molecule has 0 saturated heterocycles. The zero-order valence-corrected chi connectivity index (χ0v) is 8.32. The summed E-state index contributed by atoms with van der Waals surface area (Å²) in [7, 11) is 0. The van der Waals surface area contributed by atoms with Crippen molar-refractivity contribution in [1.82, 2.24) is 0 Å². The van der Waals surface area contributed by atoms with Crippen LogP contribution in [0, 0.1) is 0 Å². The smallest absolute Gasteiger partial charge is 0.100 e. The molecule has 0 aliphatic heterocycles. The van der Waals surface area contributed by atoms with Crippen LogP contribution in [0.4, 0.5) is 0 Å². The molecule has 0 amide bonds. The van der Waals surface area contributed by atoms with Crippen molar-refractivity contribution < 1.29 is 5.11 Å². The molecule has 14 heavy (non-hydrogen) atoms. The molecule has 1 heteroatoms. The van der Waals surface area contributed by atoms with Crippen molar-refractivity contribution in [2.75, 3.05) is 0 Å². The Morgan fingerprint density at radius 3 is 2.50 bits per heavy atom. The Balaban J connectivity index is 2.15. The normalized spacial score (nSPS) is 18.8. The minimum absolute atomic E-state index is 0.378. The maximum atomic E-state index is 10.1. The number of allylic oxidation sites excluding steroid dienone is 1. The van der Waals surface area contributed by atoms with E-state index in [2.05, 4.69) is 6.08 Å². The summed E-state index contributed by atoms with van der Waals surface area (Å²) in [5.74, 6) is 0. The van der Waals surface area contributed by atoms with E-state index in [4.69, 9.17) is 0 Å². The average Bonchev–Trinajstić information content (AvgIpc) is 2.30. The third-order valence-electron chi connectivity index (χ3n) is 2.79. The Bertz CT molecular complexity index is 313. The summed E-state index contributed by atoms with van der Waals surface area (Å²) >= 11 is 0. The van der Waals surface area contributed by atoms with E-state index in [0.717, 1.165) is 18.4 Å². The van der Waals surface area contributed by atoms with Crippen LogP contribution in [-0.2, 0) is 0 Å². The molecule has 1 aromatic rings. The second-order valence-electron chi connectivity index (χ2n) is 3.84. The van der Waals surface area contributed by atoms with Gasteiger partial charge in [0, 0.05) is 0 Å². The standard InChI is InChI=1S/C13H16O/c14-13(11-7-3-1-4-8-11)12-9-5-2-6-10-12/h1,3-4,7-9,13-14H,2,5-6,10H2. The molecule has 1 aliphatic rings. The van der Waals surface area contributed by atoms with Gasteiger partial charge in [0.15, 0.2) is 0 Å². The van der Waals surface area contributed by atoms with E-state index in [-0.39, 0.29) is 6.10 Å². The van der Waals surface area contributed by atoms with E-state index < -0.39 is 0 Å². The van der Waals surface area contributed by atoms with Crippen LogP contribution in [0.15, 0.2) is 42.0 Å². The van der Waals surface area contributed by atoms with Crippen LogP contribution < -0.4 is 0 Å². The number of benzene rings is 1. The molecule has 0 fully saturated rings. The molecule has 1 unspecified atom stereocenters. The van der Waals surface area contributed by atoms with Crippen molar-refractivity contribution in [2.24, 2.45) is 0 Å². The van der Waals surface area contributed by atoms with E-state index in [1.807, 2.05) is 30.3 Å². The minimum atomic E-state index is -0.378. The summed E-state index contributed by atoms with van der Waals surface area (Å²) in [5, 5.41) is 10.1. The van der Waals surface area contributed by atoms with Gasteiger partial charge in [-0.05, 0) is 36.8 Å². The molecule has 0 bridgehead atoms. The van der Waals surface area contributed by atoms with Crippen molar-refractivity contribution >= 4 is 0 Å². The van der Waals surface area contributed by atoms with Gasteiger partial charge in [0.1, 0.15) is 6.10 Å². The van der Waals surface area contributed by atoms with Gasteiger partial charge in [-0.2, -0.15) is 0 Å². The Labute approximate surface area is 85.1 Å². The molecule has 0 saturated carbocycles. The molecular weight excluding hydrogens is 172 g/mol. The molecule has 2 rings (SSSR count). The molecule has 74 valence electrons. The summed E-state index contributed by atoms with van der Waals surface area (Å²) in [6.45, 7) is 0. The van der Waals surface area contributed by atoms with Crippen molar-refractivity contribution in [3.63, 3.8) is 0 Å². The van der Waals surface area contributed by atoms with Crippen LogP contribution in [0.3, 0.4) is 0 Å². The largest absolute Gasteiger partial charge is 0.384 e. The third-order valence-corrected chi connectivity index (χ3v) is 2.79. The lowest BCUT2D eigenvalue weighted by molar-refractivity contribution is 0.208. The molecule has 1 atom stereocenters. The predicted molar refractivity (Wildman–Crippen MR) is 58.0 cm³/mol. The van der Waals surface area contributed by atoms with Crippen molar-refractivity contribution in [3.05, 3.63) is 47.5 Å². The number of aliphatic hydroxyl groups is 1. The van der Waals surface area contributed by atoms with E-state index in [1.54, 1.807) is 0 Å². The summed E-state index contributed by atoms with van der Waals surface area (Å²) in [6.07, 6.45) is 6.48. The van der Waals surface area contributed by atoms with E-state index in [9.17, 15) is 5.11 Å². The Hall–Kier alpha value is -1.08. The number of hydrogen-bond acceptors (Lipinski definition) is 1. The molecular formula is C13H16O. The maximum absolute atomic E-state index is 10.1. The van der Waals surface area contributed by atoms with Crippen molar-refractivity contribution in [1.29, 1.82) is 0 Å². The SMILES string of the molecule is OC(C1=CCCCC1)c1ccccc1. The fraction of sp³-hybridized carbons (Fsp3) is 0.385. The molecule has 1 aliphatic carbocycles. The summed E-state index contributed by atoms with van der Waals surface area (Å²) in [5.41, 5.74) is 2.21. The second kappa shape index (κ2) is 4.43. The molecule has 0 heterocycles. The first-order valence-electron chi connectivity index (χ1n) is 5.30. The maximum Gasteiger partial charge on any atom is 0.100 e. The number of aliphatic hydroxyl groups excluding tert-OH is 1. The monoisotopic (exact) mass is 188 g/mol. The lowest BCUT2D eigenvalue weighted by Crippen LogP contribution is -2.04. The van der Waals surface area contributed by atoms with Gasteiger partial charge in [-0.25, -0.2) is 0 Å². The van der Waals surface area contributed by atoms with Gasteiger partial charge in [-0.3, -0.25) is 0 Å². The highest BCUT2D eigenvalue weighted by atomic mass is 16.3. The van der Waals surface area contributed by atoms with E-state index in [0.29, 0.717) is 0 Å². The van der Waals surface area contributed by atoms with Crippen molar-refractivity contribution in [2.45, 2.75) is 31.8 Å². The summed E-state index contributed by atoms with van der Waals surface area (Å²) < 4.78 is 0. The number of rotatable bonds is 2. The first kappa shape index (κ1) is 9.47. The number of hydrogen-bond donors (Lipinski definition) is 1. The van der Waals surface area contributed by atoms with Crippen molar-refractivity contribution in [3.8, 4) is 0 Å². The molecule has 0 aromatic heterocycles. The lowest BCUT2D eigenvalue weighted by Gasteiger charge is -2.18. The highest BCUT2D eigenvalue weighted by Crippen LogP contribution is 2.29. The van der Waals surface area contributed by atoms with Crippen LogP contribution in [0.1, 0.15) is 37.4 Å². The van der Waals surface area contributed by atoms with Crippen LogP contribution >= 0.6 is 0 Å². The van der Waals surface area contributed by atoms with Gasteiger partial charge < -0.3 is 5.11 Å². The zero-order chi connectivity index (χ0) is 9.80. The second-order valence-corrected chi connectivity index (χ2v) is 3.84. The van der Waals surface area contributed by atoms with Gasteiger partial charge >= 0.3 is 0 Å². The van der Waals surface area contributed by atoms with E-state index in [1.165, 1.54) is 18.4 Å². The molecule has 1 aromatic carbocycles. The van der Waals surface area contributed by atoms with Gasteiger partial charge in [0.2, 0.25) is 0 Å². The van der Waals surface area contributed by atoms with Gasteiger partial charge in [0.25, 0.3) is 0 Å². The van der Waals surface area contributed by atoms with Crippen LogP contribution in [-0.4, -0.2) is 5.11 Å². The fourth-order valence-electron chi connectivity index (χ4n) is 1.96. The highest BCUT2D eigenvalue weighted by molar-refractivity contribution is 5.26. The first-order valence-corrected chi connectivity index (χ1v) is 5.30. The molecule has 0 spiro atoms. The zero-order valence-electron chi connectivity index (χ0n) is 8.32. The van der Waals surface area contributed by atoms with Gasteiger partial charge in [0.05, 0.1) is 0 Å². The Morgan fingerprint density at radius 2 is 1.86 bits per heavy atom. The van der Waals surface area contributed by atoms with Gasteiger partial charge in [-0.15, -0.1) is 0 Å². The molecule has 0 radical (unpaired) electrons. The molecule has 1 nitrogen and oxygen atoms in total. The Kier molecular flexibility index (Phi) is 3.00. The summed E-state index contributed by atoms with van der Waals surface area (Å²) in [6, 6.07) is 9.90. The van der Waals surface area contributed by atoms with Gasteiger partial charge in [-0.1, -0.05) is 36.4 Å². The lowest BCUT2D eigenvalue weighted by atomic mass is 9.92. The van der Waals surface area contributed by atoms with E-state index >= 15 is 0 Å². The Morgan fingerprint density at radius 1 is 1.07 bits per heavy atom. The summed E-state index contributed by atoms with van der Waals surface area (Å²) in [4.78, 5) is 0. The first-order chi connectivity index (χ1) is 6.88. The minimum Gasteiger partial charge on any atom is -0.384 e. The third kappa shape index (κ3) is 2.05. The average molecular weight is 188 g/mol. The predicted octanol–water partition coefficient (Wildman–Crippen LogP) is 3.22. The molecule has 1 N–H and O–H groups in total. The topological polar surface area (TPSA) is 20.2 Å². The van der Waals surface area contributed by atoms with Crippen LogP contribution in [0.25, 0.3) is 0 Å². The fourth-order valence-corrected chi connectivity index (χ4v) is 1.96. The van der Waals surface area contributed by atoms with Crippen LogP contribution in [0.2, 0.25) is 0 Å². The quantitative estimate of drug-likeness (QED) is 0.706. The van der Waals surface area contributed by atoms with Crippen LogP contribution in [0.5, 0.6) is 0 Å². The highest BCUT2D eigenvalue weighted by Gasteiger charge is 2.14.